The Balaban J connectivity index is 2.10. The molecule has 0 bridgehead atoms. The van der Waals surface area contributed by atoms with Gasteiger partial charge in [0.25, 0.3) is 0 Å². The highest BCUT2D eigenvalue weighted by atomic mass is 16.5. The second kappa shape index (κ2) is 6.57. The molecule has 1 heterocycles. The number of hydrogen-bond acceptors (Lipinski definition) is 4. The molecule has 0 saturated carbocycles. The molecule has 5 heteroatoms. The summed E-state index contributed by atoms with van der Waals surface area (Å²) in [5.41, 5.74) is 7.25. The van der Waals surface area contributed by atoms with E-state index in [1.165, 1.54) is 0 Å². The van der Waals surface area contributed by atoms with Gasteiger partial charge in [-0.15, -0.1) is 0 Å². The molecule has 1 amide bonds. The minimum atomic E-state index is -0.844. The number of methoxy groups -OCH3 is 1. The van der Waals surface area contributed by atoms with Gasteiger partial charge in [0.05, 0.1) is 12.6 Å². The zero-order valence-corrected chi connectivity index (χ0v) is 13.9. The first-order valence-corrected chi connectivity index (χ1v) is 7.81. The minimum Gasteiger partial charge on any atom is -0.496 e. The molecular formula is C17H26N2O3. The zero-order valence-electron chi connectivity index (χ0n) is 13.9. The highest BCUT2D eigenvalue weighted by molar-refractivity contribution is 5.85. The van der Waals surface area contributed by atoms with E-state index in [9.17, 15) is 4.79 Å². The third-order valence-corrected chi connectivity index (χ3v) is 4.03. The fraction of sp³-hybridized carbons (Fsp3) is 0.588. The number of hydrogen-bond donors (Lipinski definition) is 2. The molecule has 2 atom stereocenters. The fourth-order valence-corrected chi connectivity index (χ4v) is 2.82. The van der Waals surface area contributed by atoms with Crippen LogP contribution in [0, 0.1) is 0 Å². The van der Waals surface area contributed by atoms with E-state index in [0.29, 0.717) is 13.0 Å². The first-order chi connectivity index (χ1) is 10.4. The smallest absolute Gasteiger partial charge is 0.240 e. The van der Waals surface area contributed by atoms with Gasteiger partial charge in [0.1, 0.15) is 17.6 Å². The van der Waals surface area contributed by atoms with Gasteiger partial charge in [-0.05, 0) is 32.4 Å². The van der Waals surface area contributed by atoms with Crippen molar-refractivity contribution in [1.29, 1.82) is 0 Å². The van der Waals surface area contributed by atoms with Crippen LogP contribution in [-0.4, -0.2) is 24.7 Å². The van der Waals surface area contributed by atoms with Crippen LogP contribution in [0.2, 0.25) is 0 Å². The van der Waals surface area contributed by atoms with Gasteiger partial charge in [-0.3, -0.25) is 4.79 Å². The van der Waals surface area contributed by atoms with Crippen molar-refractivity contribution in [1.82, 2.24) is 5.32 Å². The number of ether oxygens (including phenoxy) is 2. The molecule has 3 N–H and O–H groups in total. The molecule has 0 fully saturated rings. The number of fused-ring (bicyclic) bond motifs is 1. The second-order valence-corrected chi connectivity index (χ2v) is 6.25. The maximum Gasteiger partial charge on any atom is 0.240 e. The summed E-state index contributed by atoms with van der Waals surface area (Å²) >= 11 is 0. The summed E-state index contributed by atoms with van der Waals surface area (Å²) in [5, 5.41) is 2.90. The van der Waals surface area contributed by atoms with Crippen molar-refractivity contribution in [2.75, 3.05) is 7.11 Å². The predicted molar refractivity (Wildman–Crippen MR) is 86.1 cm³/mol. The Kier molecular flexibility index (Phi) is 4.96. The fourth-order valence-electron chi connectivity index (χ4n) is 2.82. The molecule has 0 aromatic heterocycles. The van der Waals surface area contributed by atoms with Crippen molar-refractivity contribution in [3.8, 4) is 11.5 Å². The summed E-state index contributed by atoms with van der Waals surface area (Å²) in [4.78, 5) is 12.2. The summed E-state index contributed by atoms with van der Waals surface area (Å²) in [6.45, 7) is 6.19. The van der Waals surface area contributed by atoms with Crippen LogP contribution in [0.5, 0.6) is 11.5 Å². The predicted octanol–water partition coefficient (Wildman–Crippen LogP) is 2.15. The summed E-state index contributed by atoms with van der Waals surface area (Å²) in [6, 6.07) is 3.94. The van der Waals surface area contributed by atoms with E-state index in [2.05, 4.69) is 5.32 Å². The molecule has 5 nitrogen and oxygen atoms in total. The van der Waals surface area contributed by atoms with Crippen LogP contribution < -0.4 is 20.5 Å². The highest BCUT2D eigenvalue weighted by Crippen LogP contribution is 2.34. The van der Waals surface area contributed by atoms with Crippen LogP contribution in [-0.2, 0) is 17.8 Å². The van der Waals surface area contributed by atoms with E-state index in [1.54, 1.807) is 14.0 Å². The number of benzene rings is 1. The molecule has 2 unspecified atom stereocenters. The number of rotatable bonds is 6. The van der Waals surface area contributed by atoms with Crippen LogP contribution in [0.3, 0.4) is 0 Å². The molecule has 1 aromatic rings. The first kappa shape index (κ1) is 16.6. The monoisotopic (exact) mass is 306 g/mol. The van der Waals surface area contributed by atoms with Gasteiger partial charge in [-0.25, -0.2) is 0 Å². The second-order valence-electron chi connectivity index (χ2n) is 6.25. The van der Waals surface area contributed by atoms with Crippen molar-refractivity contribution in [2.45, 2.75) is 58.2 Å². The van der Waals surface area contributed by atoms with E-state index < -0.39 is 5.54 Å². The van der Waals surface area contributed by atoms with Gasteiger partial charge < -0.3 is 20.5 Å². The highest BCUT2D eigenvalue weighted by Gasteiger charge is 2.27. The summed E-state index contributed by atoms with van der Waals surface area (Å²) in [5.74, 6) is 1.50. The molecule has 122 valence electrons. The summed E-state index contributed by atoms with van der Waals surface area (Å²) in [6.07, 6.45) is 2.59. The molecule has 0 aliphatic carbocycles. The summed E-state index contributed by atoms with van der Waals surface area (Å²) in [7, 11) is 1.64. The Morgan fingerprint density at radius 2 is 2.27 bits per heavy atom. The van der Waals surface area contributed by atoms with Crippen molar-refractivity contribution in [3.05, 3.63) is 23.3 Å². The maximum atomic E-state index is 12.2. The van der Waals surface area contributed by atoms with Crippen LogP contribution in [0.1, 0.15) is 44.7 Å². The molecule has 22 heavy (non-hydrogen) atoms. The van der Waals surface area contributed by atoms with E-state index >= 15 is 0 Å². The van der Waals surface area contributed by atoms with E-state index in [1.807, 2.05) is 26.0 Å². The number of amides is 1. The van der Waals surface area contributed by atoms with Crippen molar-refractivity contribution >= 4 is 5.91 Å². The quantitative estimate of drug-likeness (QED) is 0.844. The molecule has 1 aliphatic heterocycles. The average molecular weight is 306 g/mol. The van der Waals surface area contributed by atoms with Crippen LogP contribution in [0.25, 0.3) is 0 Å². The van der Waals surface area contributed by atoms with Gasteiger partial charge in [-0.2, -0.15) is 0 Å². The van der Waals surface area contributed by atoms with Gasteiger partial charge in [0.15, 0.2) is 0 Å². The Morgan fingerprint density at radius 1 is 1.55 bits per heavy atom. The van der Waals surface area contributed by atoms with Gasteiger partial charge in [-0.1, -0.05) is 13.3 Å². The van der Waals surface area contributed by atoms with Crippen LogP contribution in [0.15, 0.2) is 12.1 Å². The van der Waals surface area contributed by atoms with Crippen LogP contribution in [0.4, 0.5) is 0 Å². The Hall–Kier alpha value is -1.75. The van der Waals surface area contributed by atoms with Crippen molar-refractivity contribution in [3.63, 3.8) is 0 Å². The average Bonchev–Trinajstić information content (AvgIpc) is 2.82. The normalized spacial score (nSPS) is 19.0. The van der Waals surface area contributed by atoms with Crippen molar-refractivity contribution in [2.24, 2.45) is 5.73 Å². The Labute approximate surface area is 132 Å². The van der Waals surface area contributed by atoms with E-state index in [4.69, 9.17) is 15.2 Å². The zero-order chi connectivity index (χ0) is 16.3. The molecular weight excluding hydrogens is 280 g/mol. The number of carbonyl (C=O) groups excluding carboxylic acids is 1. The number of carbonyl (C=O) groups is 1. The molecule has 1 aliphatic rings. The lowest BCUT2D eigenvalue weighted by molar-refractivity contribution is -0.126. The Morgan fingerprint density at radius 3 is 2.91 bits per heavy atom. The number of nitrogens with one attached hydrogen (secondary N) is 1. The third-order valence-electron chi connectivity index (χ3n) is 4.03. The number of nitrogens with two attached hydrogens (primary N) is 1. The lowest BCUT2D eigenvalue weighted by Gasteiger charge is -2.23. The van der Waals surface area contributed by atoms with Crippen LogP contribution >= 0.6 is 0 Å². The SMILES string of the molecule is CCCC(C)(N)C(=O)NCc1cc2c(cc1OC)CC(C)O2. The minimum absolute atomic E-state index is 0.147. The van der Waals surface area contributed by atoms with Gasteiger partial charge in [0.2, 0.25) is 5.91 Å². The largest absolute Gasteiger partial charge is 0.496 e. The van der Waals surface area contributed by atoms with Crippen molar-refractivity contribution < 1.29 is 14.3 Å². The molecule has 0 saturated heterocycles. The standard InChI is InChI=1S/C17H26N2O3/c1-5-6-17(3,18)16(20)19-10-13-9-15-12(7-11(2)22-15)8-14(13)21-4/h8-9,11H,5-7,10,18H2,1-4H3,(H,19,20). The lowest BCUT2D eigenvalue weighted by atomic mass is 9.96. The molecule has 1 aromatic carbocycles. The third kappa shape index (κ3) is 3.53. The topological polar surface area (TPSA) is 73.6 Å². The molecule has 0 spiro atoms. The van der Waals surface area contributed by atoms with E-state index in [0.717, 1.165) is 35.5 Å². The molecule has 0 radical (unpaired) electrons. The Bertz CT molecular complexity index is 555. The van der Waals surface area contributed by atoms with Gasteiger partial charge >= 0.3 is 0 Å². The van der Waals surface area contributed by atoms with Gasteiger partial charge in [0, 0.05) is 24.1 Å². The lowest BCUT2D eigenvalue weighted by Crippen LogP contribution is -2.51. The first-order valence-electron chi connectivity index (χ1n) is 7.81. The maximum absolute atomic E-state index is 12.2. The molecule has 2 rings (SSSR count). The van der Waals surface area contributed by atoms with E-state index in [-0.39, 0.29) is 12.0 Å². The summed E-state index contributed by atoms with van der Waals surface area (Å²) < 4.78 is 11.2.